The van der Waals surface area contributed by atoms with Crippen molar-refractivity contribution >= 4 is 28.9 Å². The molecule has 0 heterocycles. The van der Waals surface area contributed by atoms with Crippen LogP contribution in [-0.2, 0) is 4.79 Å². The molecule has 1 N–H and O–H groups in total. The topological polar surface area (TPSA) is 95.5 Å². The minimum Gasteiger partial charge on any atom is -0.494 e. The van der Waals surface area contributed by atoms with Crippen molar-refractivity contribution in [2.24, 2.45) is 5.10 Å². The Balaban J connectivity index is 1.31. The molecule has 0 aromatic heterocycles. The van der Waals surface area contributed by atoms with Crippen molar-refractivity contribution in [2.75, 3.05) is 13.7 Å². The SMILES string of the molecule is CCCCOc1ccc(C(=O)Oc2ccc(/C=N\NC(=O)[C@@H](C)Oc3ccc4ccccc4c3)cc2OC)cc1. The van der Waals surface area contributed by atoms with Crippen LogP contribution in [0.1, 0.15) is 42.6 Å². The standard InChI is InChI=1S/C32H32N2O6/c1-4-5-18-38-27-14-12-25(13-15-27)32(36)40-29-17-10-23(19-30(29)37-3)21-33-34-31(35)22(2)39-28-16-11-24-8-6-7-9-26(24)20-28/h6-17,19-22H,4-5,18H2,1-3H3,(H,34,35)/b33-21-/t22-/m1/s1. The van der Waals surface area contributed by atoms with Crippen LogP contribution >= 0.6 is 0 Å². The van der Waals surface area contributed by atoms with E-state index in [9.17, 15) is 9.59 Å². The quantitative estimate of drug-likeness (QED) is 0.0760. The van der Waals surface area contributed by atoms with Gasteiger partial charge in [-0.1, -0.05) is 43.7 Å². The number of rotatable bonds is 12. The zero-order valence-electron chi connectivity index (χ0n) is 22.8. The summed E-state index contributed by atoms with van der Waals surface area (Å²) in [6, 6.07) is 25.3. The first-order valence-corrected chi connectivity index (χ1v) is 13.1. The van der Waals surface area contributed by atoms with E-state index in [1.807, 2.05) is 42.5 Å². The number of amides is 1. The fraction of sp³-hybridized carbons (Fsp3) is 0.219. The number of hydrogen-bond acceptors (Lipinski definition) is 7. The van der Waals surface area contributed by atoms with Crippen LogP contribution in [-0.4, -0.2) is 37.9 Å². The lowest BCUT2D eigenvalue weighted by Crippen LogP contribution is -2.33. The van der Waals surface area contributed by atoms with Crippen LogP contribution in [0.25, 0.3) is 10.8 Å². The zero-order valence-corrected chi connectivity index (χ0v) is 22.8. The maximum absolute atomic E-state index is 12.6. The van der Waals surface area contributed by atoms with E-state index >= 15 is 0 Å². The number of nitrogens with zero attached hydrogens (tertiary/aromatic N) is 1. The van der Waals surface area contributed by atoms with E-state index in [1.165, 1.54) is 13.3 Å². The summed E-state index contributed by atoms with van der Waals surface area (Å²) >= 11 is 0. The third-order valence-corrected chi connectivity index (χ3v) is 6.04. The second-order valence-corrected chi connectivity index (χ2v) is 9.03. The summed E-state index contributed by atoms with van der Waals surface area (Å²) in [5.74, 6) is 0.978. The van der Waals surface area contributed by atoms with Crippen LogP contribution in [0, 0.1) is 0 Å². The van der Waals surface area contributed by atoms with E-state index in [0.717, 1.165) is 23.6 Å². The van der Waals surface area contributed by atoms with Crippen molar-refractivity contribution in [1.82, 2.24) is 5.43 Å². The van der Waals surface area contributed by atoms with Gasteiger partial charge in [-0.25, -0.2) is 10.2 Å². The van der Waals surface area contributed by atoms with E-state index in [2.05, 4.69) is 17.5 Å². The van der Waals surface area contributed by atoms with Gasteiger partial charge in [0, 0.05) is 0 Å². The molecule has 1 amide bonds. The maximum Gasteiger partial charge on any atom is 0.343 e. The number of benzene rings is 4. The normalized spacial score (nSPS) is 11.7. The number of carbonyl (C=O) groups is 2. The van der Waals surface area contributed by atoms with Gasteiger partial charge >= 0.3 is 5.97 Å². The molecule has 1 atom stereocenters. The van der Waals surface area contributed by atoms with Crippen molar-refractivity contribution in [3.8, 4) is 23.0 Å². The fourth-order valence-electron chi connectivity index (χ4n) is 3.79. The molecule has 0 radical (unpaired) electrons. The summed E-state index contributed by atoms with van der Waals surface area (Å²) in [6.07, 6.45) is 2.72. The Labute approximate surface area is 233 Å². The highest BCUT2D eigenvalue weighted by Crippen LogP contribution is 2.29. The molecule has 0 bridgehead atoms. The Morgan fingerprint density at radius 2 is 1.65 bits per heavy atom. The molecule has 0 aliphatic rings. The van der Waals surface area contributed by atoms with Gasteiger partial charge in [-0.05, 0) is 84.3 Å². The molecular formula is C32H32N2O6. The Kier molecular flexibility index (Phi) is 9.72. The predicted molar refractivity (Wildman–Crippen MR) is 155 cm³/mol. The van der Waals surface area contributed by atoms with Crippen molar-refractivity contribution in [3.05, 3.63) is 96.1 Å². The first-order valence-electron chi connectivity index (χ1n) is 13.1. The Morgan fingerprint density at radius 1 is 0.900 bits per heavy atom. The van der Waals surface area contributed by atoms with Gasteiger partial charge in [-0.2, -0.15) is 5.10 Å². The van der Waals surface area contributed by atoms with Gasteiger partial charge in [-0.3, -0.25) is 4.79 Å². The maximum atomic E-state index is 12.6. The van der Waals surface area contributed by atoms with Crippen molar-refractivity contribution in [3.63, 3.8) is 0 Å². The molecule has 206 valence electrons. The number of hydrazone groups is 1. The highest BCUT2D eigenvalue weighted by Gasteiger charge is 2.15. The first kappa shape index (κ1) is 28.2. The third kappa shape index (κ3) is 7.60. The molecule has 0 saturated carbocycles. The van der Waals surface area contributed by atoms with Gasteiger partial charge in [0.05, 0.1) is 25.5 Å². The molecule has 4 aromatic rings. The molecule has 0 spiro atoms. The van der Waals surface area contributed by atoms with E-state index in [-0.39, 0.29) is 5.75 Å². The highest BCUT2D eigenvalue weighted by molar-refractivity contribution is 5.92. The van der Waals surface area contributed by atoms with E-state index in [1.54, 1.807) is 49.4 Å². The second-order valence-electron chi connectivity index (χ2n) is 9.03. The lowest BCUT2D eigenvalue weighted by molar-refractivity contribution is -0.127. The molecule has 8 heteroatoms. The Hall–Kier alpha value is -4.85. The molecule has 0 unspecified atom stereocenters. The average Bonchev–Trinajstić information content (AvgIpc) is 2.98. The van der Waals surface area contributed by atoms with E-state index in [0.29, 0.717) is 35.0 Å². The minimum absolute atomic E-state index is 0.259. The number of unbranched alkanes of at least 4 members (excludes halogenated alkanes) is 1. The van der Waals surface area contributed by atoms with E-state index in [4.69, 9.17) is 18.9 Å². The van der Waals surface area contributed by atoms with Crippen LogP contribution in [0.2, 0.25) is 0 Å². The number of methoxy groups -OCH3 is 1. The monoisotopic (exact) mass is 540 g/mol. The van der Waals surface area contributed by atoms with E-state index < -0.39 is 18.0 Å². The van der Waals surface area contributed by atoms with Crippen LogP contribution in [0.5, 0.6) is 23.0 Å². The van der Waals surface area contributed by atoms with Gasteiger partial charge in [0.2, 0.25) is 0 Å². The molecule has 4 rings (SSSR count). The van der Waals surface area contributed by atoms with Crippen LogP contribution in [0.4, 0.5) is 0 Å². The third-order valence-electron chi connectivity index (χ3n) is 6.04. The number of carbonyl (C=O) groups excluding carboxylic acids is 2. The number of fused-ring (bicyclic) bond motifs is 1. The number of hydrogen-bond donors (Lipinski definition) is 1. The molecular weight excluding hydrogens is 508 g/mol. The van der Waals surface area contributed by atoms with Gasteiger partial charge in [0.25, 0.3) is 5.91 Å². The summed E-state index contributed by atoms with van der Waals surface area (Å²) in [6.45, 7) is 4.38. The molecule has 40 heavy (non-hydrogen) atoms. The summed E-state index contributed by atoms with van der Waals surface area (Å²) in [4.78, 5) is 25.1. The molecule has 0 fully saturated rings. The van der Waals surface area contributed by atoms with Gasteiger partial charge < -0.3 is 18.9 Å². The van der Waals surface area contributed by atoms with Crippen molar-refractivity contribution in [1.29, 1.82) is 0 Å². The summed E-state index contributed by atoms with van der Waals surface area (Å²) in [5.41, 5.74) is 3.50. The van der Waals surface area contributed by atoms with Crippen LogP contribution in [0.3, 0.4) is 0 Å². The fourth-order valence-corrected chi connectivity index (χ4v) is 3.79. The molecule has 0 saturated heterocycles. The lowest BCUT2D eigenvalue weighted by Gasteiger charge is -2.13. The number of nitrogens with one attached hydrogen (secondary N) is 1. The predicted octanol–water partition coefficient (Wildman–Crippen LogP) is 6.16. The second kappa shape index (κ2) is 13.8. The van der Waals surface area contributed by atoms with Gasteiger partial charge in [-0.15, -0.1) is 0 Å². The van der Waals surface area contributed by atoms with Gasteiger partial charge in [0.1, 0.15) is 11.5 Å². The highest BCUT2D eigenvalue weighted by atomic mass is 16.6. The van der Waals surface area contributed by atoms with Gasteiger partial charge in [0.15, 0.2) is 17.6 Å². The van der Waals surface area contributed by atoms with Crippen molar-refractivity contribution < 1.29 is 28.5 Å². The summed E-state index contributed by atoms with van der Waals surface area (Å²) < 4.78 is 22.3. The number of esters is 1. The average molecular weight is 541 g/mol. The summed E-state index contributed by atoms with van der Waals surface area (Å²) in [7, 11) is 1.48. The zero-order chi connectivity index (χ0) is 28.3. The van der Waals surface area contributed by atoms with Crippen LogP contribution < -0.4 is 24.4 Å². The molecule has 4 aromatic carbocycles. The molecule has 0 aliphatic heterocycles. The Bertz CT molecular complexity index is 1480. The molecule has 8 nitrogen and oxygen atoms in total. The van der Waals surface area contributed by atoms with Crippen molar-refractivity contribution in [2.45, 2.75) is 32.8 Å². The lowest BCUT2D eigenvalue weighted by atomic mass is 10.1. The smallest absolute Gasteiger partial charge is 0.343 e. The Morgan fingerprint density at radius 3 is 2.40 bits per heavy atom. The summed E-state index contributed by atoms with van der Waals surface area (Å²) in [5, 5.41) is 6.14. The minimum atomic E-state index is -0.758. The number of ether oxygens (including phenoxy) is 4. The molecule has 0 aliphatic carbocycles. The largest absolute Gasteiger partial charge is 0.494 e. The van der Waals surface area contributed by atoms with Crippen LogP contribution in [0.15, 0.2) is 90.0 Å². The first-order chi connectivity index (χ1) is 19.5.